The highest BCUT2D eigenvalue weighted by molar-refractivity contribution is 4.99. The third-order valence-corrected chi connectivity index (χ3v) is 1.35. The molecule has 0 radical (unpaired) electrons. The van der Waals surface area contributed by atoms with Crippen LogP contribution < -0.4 is 5.73 Å². The Balaban J connectivity index is 3.53. The van der Waals surface area contributed by atoms with Crippen LogP contribution in [0.3, 0.4) is 0 Å². The predicted octanol–water partition coefficient (Wildman–Crippen LogP) is 1.71. The molecule has 1 unspecified atom stereocenters. The van der Waals surface area contributed by atoms with Crippen molar-refractivity contribution in [1.82, 2.24) is 0 Å². The van der Waals surface area contributed by atoms with Crippen molar-refractivity contribution < 1.29 is 0 Å². The van der Waals surface area contributed by atoms with Crippen LogP contribution in [0.25, 0.3) is 0 Å². The summed E-state index contributed by atoms with van der Waals surface area (Å²) >= 11 is 0. The average Bonchev–Trinajstić information content (AvgIpc) is 1.91. The van der Waals surface area contributed by atoms with Gasteiger partial charge in [-0.05, 0) is 18.9 Å². The Kier molecular flexibility index (Phi) is 5.23. The number of rotatable bonds is 4. The smallest absolute Gasteiger partial charge is 0.00142 e. The number of hydrogen-bond acceptors (Lipinski definition) is 1. The summed E-state index contributed by atoms with van der Waals surface area (Å²) in [6, 6.07) is 0. The van der Waals surface area contributed by atoms with E-state index in [0.717, 1.165) is 13.0 Å². The molecule has 0 aromatic carbocycles. The lowest BCUT2D eigenvalue weighted by Gasteiger charge is -2.02. The van der Waals surface area contributed by atoms with Gasteiger partial charge < -0.3 is 5.73 Å². The molecule has 1 atom stereocenters. The van der Waals surface area contributed by atoms with Crippen LogP contribution in [0.15, 0.2) is 24.8 Å². The summed E-state index contributed by atoms with van der Waals surface area (Å²) in [4.78, 5) is 0. The molecule has 1 heteroatoms. The molecule has 0 amide bonds. The van der Waals surface area contributed by atoms with Crippen molar-refractivity contribution in [2.24, 2.45) is 11.7 Å². The molecule has 52 valence electrons. The molecule has 0 saturated heterocycles. The highest BCUT2D eigenvalue weighted by Crippen LogP contribution is 2.00. The average molecular weight is 125 g/mol. The van der Waals surface area contributed by atoms with Gasteiger partial charge in [0.05, 0.1) is 0 Å². The largest absolute Gasteiger partial charge is 0.330 e. The summed E-state index contributed by atoms with van der Waals surface area (Å²) in [6.45, 7) is 6.44. The van der Waals surface area contributed by atoms with Crippen LogP contribution >= 0.6 is 0 Å². The molecule has 0 fully saturated rings. The lowest BCUT2D eigenvalue weighted by Crippen LogP contribution is -2.10. The molecule has 0 aromatic heterocycles. The minimum atomic E-state index is 0.531. The number of nitrogens with two attached hydrogens (primary N) is 1. The van der Waals surface area contributed by atoms with E-state index in [4.69, 9.17) is 5.73 Å². The zero-order valence-corrected chi connectivity index (χ0v) is 6.01. The van der Waals surface area contributed by atoms with Gasteiger partial charge >= 0.3 is 0 Å². The van der Waals surface area contributed by atoms with Crippen LogP contribution in [0, 0.1) is 5.92 Å². The quantitative estimate of drug-likeness (QED) is 0.569. The first kappa shape index (κ1) is 8.44. The Labute approximate surface area is 57.3 Å². The maximum Gasteiger partial charge on any atom is -0.00142 e. The Morgan fingerprint density at radius 1 is 1.67 bits per heavy atom. The summed E-state index contributed by atoms with van der Waals surface area (Å²) in [5, 5.41) is 0. The Bertz CT molecular complexity index is 90.7. The van der Waals surface area contributed by atoms with Gasteiger partial charge in [0.1, 0.15) is 0 Å². The fraction of sp³-hybridized carbons (Fsp3) is 0.500. The molecular weight excluding hydrogens is 110 g/mol. The van der Waals surface area contributed by atoms with Crippen molar-refractivity contribution in [3.63, 3.8) is 0 Å². The molecule has 9 heavy (non-hydrogen) atoms. The minimum Gasteiger partial charge on any atom is -0.330 e. The molecule has 0 aliphatic carbocycles. The van der Waals surface area contributed by atoms with Crippen LogP contribution in [-0.4, -0.2) is 6.54 Å². The van der Waals surface area contributed by atoms with Gasteiger partial charge in [0.2, 0.25) is 0 Å². The second-order valence-corrected chi connectivity index (χ2v) is 2.02. The summed E-state index contributed by atoms with van der Waals surface area (Å²) in [5.74, 6) is 0.531. The van der Waals surface area contributed by atoms with E-state index in [0.29, 0.717) is 5.92 Å². The Morgan fingerprint density at radius 2 is 2.33 bits per heavy atom. The highest BCUT2D eigenvalue weighted by Gasteiger charge is 1.94. The monoisotopic (exact) mass is 125 g/mol. The van der Waals surface area contributed by atoms with Crippen molar-refractivity contribution in [2.75, 3.05) is 6.54 Å². The Morgan fingerprint density at radius 3 is 2.67 bits per heavy atom. The van der Waals surface area contributed by atoms with Gasteiger partial charge in [-0.25, -0.2) is 0 Å². The van der Waals surface area contributed by atoms with Crippen LogP contribution in [0.4, 0.5) is 0 Å². The summed E-state index contributed by atoms with van der Waals surface area (Å²) in [5.41, 5.74) is 5.44. The van der Waals surface area contributed by atoms with Crippen LogP contribution in [0.5, 0.6) is 0 Å². The first-order chi connectivity index (χ1) is 4.35. The second kappa shape index (κ2) is 5.57. The fourth-order valence-electron chi connectivity index (χ4n) is 0.617. The van der Waals surface area contributed by atoms with E-state index in [2.05, 4.69) is 19.6 Å². The topological polar surface area (TPSA) is 26.0 Å². The van der Waals surface area contributed by atoms with Crippen molar-refractivity contribution >= 4 is 0 Å². The zero-order chi connectivity index (χ0) is 7.11. The molecular formula is C8H15N. The lowest BCUT2D eigenvalue weighted by molar-refractivity contribution is 0.640. The van der Waals surface area contributed by atoms with Crippen molar-refractivity contribution in [3.8, 4) is 0 Å². The minimum absolute atomic E-state index is 0.531. The van der Waals surface area contributed by atoms with Crippen molar-refractivity contribution in [2.45, 2.75) is 13.3 Å². The maximum absolute atomic E-state index is 5.44. The predicted molar refractivity (Wildman–Crippen MR) is 42.2 cm³/mol. The fourth-order valence-corrected chi connectivity index (χ4v) is 0.617. The SMILES string of the molecule is C=C/C=C\C(CC)CN. The van der Waals surface area contributed by atoms with Gasteiger partial charge in [-0.1, -0.05) is 31.7 Å². The first-order valence-corrected chi connectivity index (χ1v) is 3.34. The number of hydrogen-bond donors (Lipinski definition) is 1. The molecule has 0 aliphatic rings. The lowest BCUT2D eigenvalue weighted by atomic mass is 10.1. The van der Waals surface area contributed by atoms with Crippen LogP contribution in [0.1, 0.15) is 13.3 Å². The van der Waals surface area contributed by atoms with Gasteiger partial charge in [0, 0.05) is 0 Å². The molecule has 2 N–H and O–H groups in total. The Hall–Kier alpha value is -0.560. The normalized spacial score (nSPS) is 14.0. The van der Waals surface area contributed by atoms with E-state index < -0.39 is 0 Å². The van der Waals surface area contributed by atoms with Gasteiger partial charge in [0.25, 0.3) is 0 Å². The van der Waals surface area contributed by atoms with Gasteiger partial charge in [0.15, 0.2) is 0 Å². The standard InChI is InChI=1S/C8H15N/c1-3-5-6-8(4-2)7-9/h3,5-6,8H,1,4,7,9H2,2H3/b6-5-. The molecule has 1 nitrogen and oxygen atoms in total. The summed E-state index contributed by atoms with van der Waals surface area (Å²) < 4.78 is 0. The first-order valence-electron chi connectivity index (χ1n) is 3.34. The van der Waals surface area contributed by atoms with Gasteiger partial charge in [-0.2, -0.15) is 0 Å². The molecule has 0 saturated carbocycles. The van der Waals surface area contributed by atoms with E-state index in [1.165, 1.54) is 0 Å². The van der Waals surface area contributed by atoms with Crippen LogP contribution in [0.2, 0.25) is 0 Å². The third kappa shape index (κ3) is 3.98. The van der Waals surface area contributed by atoms with E-state index in [1.807, 2.05) is 6.08 Å². The van der Waals surface area contributed by atoms with Crippen LogP contribution in [-0.2, 0) is 0 Å². The summed E-state index contributed by atoms with van der Waals surface area (Å²) in [7, 11) is 0. The molecule has 0 heterocycles. The summed E-state index contributed by atoms with van der Waals surface area (Å²) in [6.07, 6.45) is 6.92. The van der Waals surface area contributed by atoms with Gasteiger partial charge in [-0.15, -0.1) is 0 Å². The van der Waals surface area contributed by atoms with Crippen molar-refractivity contribution in [3.05, 3.63) is 24.8 Å². The molecule has 0 spiro atoms. The third-order valence-electron chi connectivity index (χ3n) is 1.35. The van der Waals surface area contributed by atoms with E-state index >= 15 is 0 Å². The highest BCUT2D eigenvalue weighted by atomic mass is 14.5. The zero-order valence-electron chi connectivity index (χ0n) is 6.01. The van der Waals surface area contributed by atoms with Gasteiger partial charge in [-0.3, -0.25) is 0 Å². The van der Waals surface area contributed by atoms with E-state index in [9.17, 15) is 0 Å². The van der Waals surface area contributed by atoms with Crippen molar-refractivity contribution in [1.29, 1.82) is 0 Å². The molecule has 0 aromatic rings. The van der Waals surface area contributed by atoms with E-state index in [-0.39, 0.29) is 0 Å². The molecule has 0 bridgehead atoms. The van der Waals surface area contributed by atoms with E-state index in [1.54, 1.807) is 6.08 Å². The molecule has 0 aliphatic heterocycles. The molecule has 0 rings (SSSR count). The maximum atomic E-state index is 5.44. The second-order valence-electron chi connectivity index (χ2n) is 2.02. The number of allylic oxidation sites excluding steroid dienone is 2.